The van der Waals surface area contributed by atoms with Gasteiger partial charge in [-0.05, 0) is 25.0 Å². The lowest BCUT2D eigenvalue weighted by molar-refractivity contribution is 0.0606. The zero-order valence-electron chi connectivity index (χ0n) is 12.8. The van der Waals surface area contributed by atoms with Gasteiger partial charge in [-0.25, -0.2) is 0 Å². The highest BCUT2D eigenvalue weighted by atomic mass is 16.5. The molecule has 0 heterocycles. The molecule has 2 atom stereocenters. The minimum Gasteiger partial charge on any atom is -0.493 e. The van der Waals surface area contributed by atoms with Gasteiger partial charge in [0.25, 0.3) is 0 Å². The maximum absolute atomic E-state index is 8.89. The van der Waals surface area contributed by atoms with Crippen LogP contribution < -0.4 is 14.8 Å². The van der Waals surface area contributed by atoms with Crippen molar-refractivity contribution in [1.29, 1.82) is 0 Å². The molecule has 1 aliphatic rings. The fourth-order valence-electron chi connectivity index (χ4n) is 2.79. The normalized spacial score (nSPS) is 21.9. The molecule has 21 heavy (non-hydrogen) atoms. The van der Waals surface area contributed by atoms with Crippen molar-refractivity contribution < 1.29 is 19.3 Å². The number of ether oxygens (including phenoxy) is 3. The molecule has 118 valence electrons. The summed E-state index contributed by atoms with van der Waals surface area (Å²) in [6.07, 6.45) is 4.91. The van der Waals surface area contributed by atoms with Crippen molar-refractivity contribution in [3.05, 3.63) is 18.2 Å². The topological polar surface area (TPSA) is 60.0 Å². The van der Waals surface area contributed by atoms with Crippen LogP contribution in [0.1, 0.15) is 25.7 Å². The van der Waals surface area contributed by atoms with Crippen molar-refractivity contribution in [3.8, 4) is 11.5 Å². The van der Waals surface area contributed by atoms with Crippen LogP contribution >= 0.6 is 0 Å². The molecule has 0 saturated heterocycles. The predicted octanol–water partition coefficient (Wildman–Crippen LogP) is 2.44. The van der Waals surface area contributed by atoms with Gasteiger partial charge in [-0.3, -0.25) is 0 Å². The van der Waals surface area contributed by atoms with Crippen LogP contribution in [0.5, 0.6) is 11.5 Å². The monoisotopic (exact) mass is 295 g/mol. The van der Waals surface area contributed by atoms with E-state index in [1.165, 1.54) is 12.8 Å². The smallest absolute Gasteiger partial charge is 0.163 e. The van der Waals surface area contributed by atoms with Crippen molar-refractivity contribution in [1.82, 2.24) is 0 Å². The van der Waals surface area contributed by atoms with Gasteiger partial charge < -0.3 is 24.6 Å². The second kappa shape index (κ2) is 8.10. The van der Waals surface area contributed by atoms with Crippen molar-refractivity contribution in [3.63, 3.8) is 0 Å². The Morgan fingerprint density at radius 1 is 1.19 bits per heavy atom. The van der Waals surface area contributed by atoms with Crippen LogP contribution in [0.4, 0.5) is 5.69 Å². The van der Waals surface area contributed by atoms with Crippen molar-refractivity contribution in [2.24, 2.45) is 0 Å². The van der Waals surface area contributed by atoms with Gasteiger partial charge in [0.05, 0.1) is 25.9 Å². The first-order valence-electron chi connectivity index (χ1n) is 7.49. The number of nitrogens with one attached hydrogen (secondary N) is 1. The fourth-order valence-corrected chi connectivity index (χ4v) is 2.79. The highest BCUT2D eigenvalue weighted by molar-refractivity contribution is 5.55. The standard InChI is InChI=1S/C16H25NO4/c1-19-14-6-4-3-5-13(14)17-12-7-8-15(20-2)16(11-12)21-10-9-18/h7-8,11,13-14,17-18H,3-6,9-10H2,1-2H3. The van der Waals surface area contributed by atoms with E-state index in [4.69, 9.17) is 19.3 Å². The molecule has 0 aromatic heterocycles. The van der Waals surface area contributed by atoms with E-state index < -0.39 is 0 Å². The van der Waals surface area contributed by atoms with Crippen molar-refractivity contribution in [2.45, 2.75) is 37.8 Å². The average Bonchev–Trinajstić information content (AvgIpc) is 2.53. The summed E-state index contributed by atoms with van der Waals surface area (Å²) in [5.74, 6) is 1.31. The lowest BCUT2D eigenvalue weighted by Gasteiger charge is -2.32. The SMILES string of the molecule is COc1ccc(NC2CCCCC2OC)cc1OCCO. The van der Waals surface area contributed by atoms with Crippen LogP contribution in [0.15, 0.2) is 18.2 Å². The molecule has 1 aliphatic carbocycles. The third-order valence-corrected chi connectivity index (χ3v) is 3.87. The zero-order valence-corrected chi connectivity index (χ0v) is 12.8. The summed E-state index contributed by atoms with van der Waals surface area (Å²) in [6.45, 7) is 0.235. The Balaban J connectivity index is 2.08. The van der Waals surface area contributed by atoms with E-state index in [1.54, 1.807) is 14.2 Å². The Morgan fingerprint density at radius 2 is 2.00 bits per heavy atom. The first kappa shape index (κ1) is 15.9. The van der Waals surface area contributed by atoms with E-state index in [0.717, 1.165) is 18.5 Å². The summed E-state index contributed by atoms with van der Waals surface area (Å²) in [7, 11) is 3.38. The van der Waals surface area contributed by atoms with Gasteiger partial charge in [-0.1, -0.05) is 12.8 Å². The van der Waals surface area contributed by atoms with Gasteiger partial charge in [-0.15, -0.1) is 0 Å². The molecular weight excluding hydrogens is 270 g/mol. The average molecular weight is 295 g/mol. The molecular formula is C16H25NO4. The molecule has 2 unspecified atom stereocenters. The minimum absolute atomic E-state index is 0.0187. The molecule has 0 bridgehead atoms. The lowest BCUT2D eigenvalue weighted by Crippen LogP contribution is -2.37. The Hall–Kier alpha value is -1.46. The number of anilines is 1. The fraction of sp³-hybridized carbons (Fsp3) is 0.625. The Bertz CT molecular complexity index is 438. The molecule has 2 N–H and O–H groups in total. The van der Waals surface area contributed by atoms with Crippen LogP contribution in [0.2, 0.25) is 0 Å². The van der Waals surface area contributed by atoms with Crippen LogP contribution in [-0.2, 0) is 4.74 Å². The van der Waals surface area contributed by atoms with E-state index in [0.29, 0.717) is 17.5 Å². The van der Waals surface area contributed by atoms with Crippen molar-refractivity contribution in [2.75, 3.05) is 32.8 Å². The predicted molar refractivity (Wildman–Crippen MR) is 82.3 cm³/mol. The molecule has 1 aromatic rings. The number of methoxy groups -OCH3 is 2. The zero-order chi connectivity index (χ0) is 15.1. The largest absolute Gasteiger partial charge is 0.493 e. The molecule has 0 radical (unpaired) electrons. The Morgan fingerprint density at radius 3 is 2.71 bits per heavy atom. The van der Waals surface area contributed by atoms with Crippen LogP contribution in [0.25, 0.3) is 0 Å². The summed E-state index contributed by atoms with van der Waals surface area (Å²) in [6, 6.07) is 6.09. The van der Waals surface area contributed by atoms with Crippen LogP contribution in [-0.4, -0.2) is 44.7 Å². The van der Waals surface area contributed by atoms with Gasteiger partial charge in [0.2, 0.25) is 0 Å². The van der Waals surface area contributed by atoms with Gasteiger partial charge in [0.15, 0.2) is 11.5 Å². The van der Waals surface area contributed by atoms with Crippen LogP contribution in [0.3, 0.4) is 0 Å². The number of benzene rings is 1. The van der Waals surface area contributed by atoms with Crippen LogP contribution in [0, 0.1) is 0 Å². The van der Waals surface area contributed by atoms with E-state index in [9.17, 15) is 0 Å². The molecule has 1 fully saturated rings. The number of hydrogen-bond donors (Lipinski definition) is 2. The second-order valence-corrected chi connectivity index (χ2v) is 5.25. The number of aliphatic hydroxyl groups excluding tert-OH is 1. The highest BCUT2D eigenvalue weighted by Crippen LogP contribution is 2.32. The molecule has 0 amide bonds. The summed E-state index contributed by atoms with van der Waals surface area (Å²) in [4.78, 5) is 0. The summed E-state index contributed by atoms with van der Waals surface area (Å²) >= 11 is 0. The molecule has 0 aliphatic heterocycles. The molecule has 5 nitrogen and oxygen atoms in total. The number of rotatable bonds is 7. The number of hydrogen-bond acceptors (Lipinski definition) is 5. The maximum Gasteiger partial charge on any atom is 0.163 e. The molecule has 1 aromatic carbocycles. The summed E-state index contributed by atoms with van der Waals surface area (Å²) in [5.41, 5.74) is 0.984. The maximum atomic E-state index is 8.89. The third kappa shape index (κ3) is 4.25. The van der Waals surface area contributed by atoms with Gasteiger partial charge in [0.1, 0.15) is 6.61 Å². The second-order valence-electron chi connectivity index (χ2n) is 5.25. The molecule has 5 heteroatoms. The first-order chi connectivity index (χ1) is 10.3. The van der Waals surface area contributed by atoms with E-state index >= 15 is 0 Å². The van der Waals surface area contributed by atoms with Gasteiger partial charge >= 0.3 is 0 Å². The first-order valence-corrected chi connectivity index (χ1v) is 7.49. The van der Waals surface area contributed by atoms with E-state index in [1.807, 2.05) is 18.2 Å². The Kier molecular flexibility index (Phi) is 6.14. The van der Waals surface area contributed by atoms with Gasteiger partial charge in [-0.2, -0.15) is 0 Å². The van der Waals surface area contributed by atoms with Gasteiger partial charge in [0, 0.05) is 18.9 Å². The minimum atomic E-state index is -0.0187. The summed E-state index contributed by atoms with van der Waals surface area (Å²) in [5, 5.41) is 12.4. The van der Waals surface area contributed by atoms with E-state index in [-0.39, 0.29) is 19.3 Å². The third-order valence-electron chi connectivity index (χ3n) is 3.87. The molecule has 2 rings (SSSR count). The quantitative estimate of drug-likeness (QED) is 0.809. The number of aliphatic hydroxyl groups is 1. The molecule has 0 spiro atoms. The summed E-state index contributed by atoms with van der Waals surface area (Å²) < 4.78 is 16.3. The highest BCUT2D eigenvalue weighted by Gasteiger charge is 2.24. The molecule has 1 saturated carbocycles. The lowest BCUT2D eigenvalue weighted by atomic mass is 9.92. The van der Waals surface area contributed by atoms with Crippen molar-refractivity contribution >= 4 is 5.69 Å². The Labute approximate surface area is 126 Å². The van der Waals surface area contributed by atoms with E-state index in [2.05, 4.69) is 5.32 Å².